The Morgan fingerprint density at radius 2 is 1.81 bits per heavy atom. The van der Waals surface area contributed by atoms with E-state index in [1.54, 1.807) is 26.4 Å². The molecule has 5 rings (SSSR count). The first-order chi connectivity index (χ1) is 15.1. The molecule has 3 aromatic carbocycles. The van der Waals surface area contributed by atoms with Crippen molar-refractivity contribution < 1.29 is 18.6 Å². The van der Waals surface area contributed by atoms with Gasteiger partial charge in [0.05, 0.1) is 31.5 Å². The molecule has 0 aromatic heterocycles. The molecule has 3 aromatic rings. The third-order valence-electron chi connectivity index (χ3n) is 5.63. The number of nitrogens with zero attached hydrogens (tertiary/aromatic N) is 2. The van der Waals surface area contributed by atoms with Crippen LogP contribution < -0.4 is 14.2 Å². The van der Waals surface area contributed by atoms with Gasteiger partial charge in [-0.15, -0.1) is 0 Å². The lowest BCUT2D eigenvalue weighted by Crippen LogP contribution is -2.34. The Labute approximate surface area is 188 Å². The van der Waals surface area contributed by atoms with E-state index in [1.807, 2.05) is 35.3 Å². The van der Waals surface area contributed by atoms with Crippen LogP contribution in [-0.4, -0.2) is 24.9 Å². The van der Waals surface area contributed by atoms with Crippen molar-refractivity contribution in [1.82, 2.24) is 5.01 Å². The number of benzene rings is 3. The Morgan fingerprint density at radius 3 is 2.55 bits per heavy atom. The number of ether oxygens (including phenoxy) is 3. The summed E-state index contributed by atoms with van der Waals surface area (Å²) in [5.41, 5.74) is 3.65. The SMILES string of the molecule is COc1ccc(OC)c([C@H]2Oc3ccc(Br)cc3[C@@H]3CC(c4ccc(F)cc4)=NN23)c1. The van der Waals surface area contributed by atoms with E-state index in [4.69, 9.17) is 19.3 Å². The van der Waals surface area contributed by atoms with Gasteiger partial charge in [0.1, 0.15) is 23.1 Å². The number of hydrogen-bond acceptors (Lipinski definition) is 5. The van der Waals surface area contributed by atoms with Crippen LogP contribution in [0.2, 0.25) is 0 Å². The molecule has 31 heavy (non-hydrogen) atoms. The van der Waals surface area contributed by atoms with Gasteiger partial charge in [-0.2, -0.15) is 5.10 Å². The van der Waals surface area contributed by atoms with Crippen LogP contribution in [0.4, 0.5) is 4.39 Å². The molecule has 2 atom stereocenters. The van der Waals surface area contributed by atoms with Gasteiger partial charge < -0.3 is 14.2 Å². The summed E-state index contributed by atoms with van der Waals surface area (Å²) < 4.78 is 31.9. The fourth-order valence-corrected chi connectivity index (χ4v) is 4.49. The zero-order valence-corrected chi connectivity index (χ0v) is 18.6. The van der Waals surface area contributed by atoms with Crippen molar-refractivity contribution in [3.8, 4) is 17.2 Å². The monoisotopic (exact) mass is 482 g/mol. The molecule has 0 N–H and O–H groups in total. The van der Waals surface area contributed by atoms with Crippen molar-refractivity contribution >= 4 is 21.6 Å². The fourth-order valence-electron chi connectivity index (χ4n) is 4.11. The molecule has 7 heteroatoms. The largest absolute Gasteiger partial charge is 0.497 e. The van der Waals surface area contributed by atoms with Gasteiger partial charge in [-0.05, 0) is 54.1 Å². The molecule has 2 aliphatic heterocycles. The van der Waals surface area contributed by atoms with Crippen LogP contribution in [0.25, 0.3) is 0 Å². The Bertz CT molecular complexity index is 1170. The molecule has 0 aliphatic carbocycles. The summed E-state index contributed by atoms with van der Waals surface area (Å²) in [7, 11) is 3.26. The topological polar surface area (TPSA) is 43.3 Å². The second-order valence-corrected chi connectivity index (χ2v) is 8.33. The van der Waals surface area contributed by atoms with Crippen LogP contribution in [0, 0.1) is 5.82 Å². The number of fused-ring (bicyclic) bond motifs is 3. The third kappa shape index (κ3) is 3.53. The fraction of sp³-hybridized carbons (Fsp3) is 0.208. The van der Waals surface area contributed by atoms with Gasteiger partial charge in [0.2, 0.25) is 6.23 Å². The first kappa shape index (κ1) is 19.9. The molecule has 0 amide bonds. The van der Waals surface area contributed by atoms with Gasteiger partial charge in [0, 0.05) is 16.5 Å². The van der Waals surface area contributed by atoms with Crippen LogP contribution in [0.1, 0.15) is 35.4 Å². The van der Waals surface area contributed by atoms with Crippen molar-refractivity contribution in [2.75, 3.05) is 14.2 Å². The highest BCUT2D eigenvalue weighted by Gasteiger charge is 2.42. The molecule has 0 spiro atoms. The van der Waals surface area contributed by atoms with Crippen molar-refractivity contribution in [1.29, 1.82) is 0 Å². The lowest BCUT2D eigenvalue weighted by atomic mass is 9.96. The summed E-state index contributed by atoms with van der Waals surface area (Å²) >= 11 is 3.57. The standard InChI is InChI=1S/C24H20BrFN2O3/c1-29-17-8-10-22(30-2)19(12-17)24-28-21(18-11-15(25)5-9-23(18)31-24)13-20(27-28)14-3-6-16(26)7-4-14/h3-12,21,24H,13H2,1-2H3/t21-,24+/m0/s1. The van der Waals surface area contributed by atoms with Gasteiger partial charge in [0.25, 0.3) is 0 Å². The van der Waals surface area contributed by atoms with Crippen LogP contribution in [0.15, 0.2) is 70.2 Å². The molecular formula is C24H20BrFN2O3. The summed E-state index contributed by atoms with van der Waals surface area (Å²) in [6.07, 6.45) is 0.183. The van der Waals surface area contributed by atoms with E-state index >= 15 is 0 Å². The maximum absolute atomic E-state index is 13.4. The van der Waals surface area contributed by atoms with Gasteiger partial charge in [0.15, 0.2) is 0 Å². The Kier molecular flexibility index (Phi) is 5.06. The summed E-state index contributed by atoms with van der Waals surface area (Å²) in [6.45, 7) is 0. The summed E-state index contributed by atoms with van der Waals surface area (Å²) in [4.78, 5) is 0. The zero-order chi connectivity index (χ0) is 21.5. The van der Waals surface area contributed by atoms with Gasteiger partial charge in [-0.3, -0.25) is 0 Å². The van der Waals surface area contributed by atoms with E-state index in [0.717, 1.165) is 32.6 Å². The molecule has 5 nitrogen and oxygen atoms in total. The van der Waals surface area contributed by atoms with Crippen LogP contribution >= 0.6 is 15.9 Å². The minimum absolute atomic E-state index is 0.0257. The highest BCUT2D eigenvalue weighted by Crippen LogP contribution is 2.49. The number of rotatable bonds is 4. The maximum Gasteiger partial charge on any atom is 0.217 e. The average molecular weight is 483 g/mol. The second-order valence-electron chi connectivity index (χ2n) is 7.41. The lowest BCUT2D eigenvalue weighted by molar-refractivity contribution is -0.0205. The number of hydrogen-bond donors (Lipinski definition) is 0. The smallest absolute Gasteiger partial charge is 0.217 e. The van der Waals surface area contributed by atoms with Crippen molar-refractivity contribution in [3.63, 3.8) is 0 Å². The zero-order valence-electron chi connectivity index (χ0n) is 17.0. The Balaban J connectivity index is 1.63. The van der Waals surface area contributed by atoms with Crippen molar-refractivity contribution in [2.45, 2.75) is 18.7 Å². The number of hydrazone groups is 1. The maximum atomic E-state index is 13.4. The van der Waals surface area contributed by atoms with E-state index in [1.165, 1.54) is 12.1 Å². The average Bonchev–Trinajstić information content (AvgIpc) is 3.24. The van der Waals surface area contributed by atoms with E-state index in [2.05, 4.69) is 22.0 Å². The second kappa shape index (κ2) is 7.89. The van der Waals surface area contributed by atoms with Crippen LogP contribution in [-0.2, 0) is 0 Å². The predicted octanol–water partition coefficient (Wildman–Crippen LogP) is 5.85. The van der Waals surface area contributed by atoms with Gasteiger partial charge in [-0.1, -0.05) is 28.1 Å². The minimum atomic E-state index is -0.498. The number of halogens is 2. The molecule has 0 unspecified atom stereocenters. The van der Waals surface area contributed by atoms with Crippen LogP contribution in [0.5, 0.6) is 17.2 Å². The van der Waals surface area contributed by atoms with Gasteiger partial charge in [-0.25, -0.2) is 9.40 Å². The molecule has 2 aliphatic rings. The molecule has 0 radical (unpaired) electrons. The predicted molar refractivity (Wildman–Crippen MR) is 119 cm³/mol. The first-order valence-corrected chi connectivity index (χ1v) is 10.7. The quantitative estimate of drug-likeness (QED) is 0.467. The van der Waals surface area contributed by atoms with E-state index in [-0.39, 0.29) is 11.9 Å². The van der Waals surface area contributed by atoms with Crippen molar-refractivity contribution in [3.05, 3.63) is 87.6 Å². The summed E-state index contributed by atoms with van der Waals surface area (Å²) in [5.74, 6) is 1.93. The Hall–Kier alpha value is -3.06. The highest BCUT2D eigenvalue weighted by molar-refractivity contribution is 9.10. The summed E-state index contributed by atoms with van der Waals surface area (Å²) in [5, 5.41) is 6.88. The number of methoxy groups -OCH3 is 2. The lowest BCUT2D eigenvalue weighted by Gasteiger charge is -2.38. The third-order valence-corrected chi connectivity index (χ3v) is 6.13. The molecule has 0 fully saturated rings. The normalized spacial score (nSPS) is 19.2. The molecule has 0 saturated carbocycles. The van der Waals surface area contributed by atoms with E-state index in [9.17, 15) is 4.39 Å². The molecule has 0 bridgehead atoms. The Morgan fingerprint density at radius 1 is 1.00 bits per heavy atom. The molecule has 158 valence electrons. The van der Waals surface area contributed by atoms with E-state index in [0.29, 0.717) is 17.9 Å². The van der Waals surface area contributed by atoms with E-state index < -0.39 is 6.23 Å². The van der Waals surface area contributed by atoms with Gasteiger partial charge >= 0.3 is 0 Å². The molecular weight excluding hydrogens is 463 g/mol. The summed E-state index contributed by atoms with van der Waals surface area (Å²) in [6, 6.07) is 18.0. The molecule has 0 saturated heterocycles. The van der Waals surface area contributed by atoms with Crippen LogP contribution in [0.3, 0.4) is 0 Å². The first-order valence-electron chi connectivity index (χ1n) is 9.87. The minimum Gasteiger partial charge on any atom is -0.497 e. The van der Waals surface area contributed by atoms with Crippen molar-refractivity contribution in [2.24, 2.45) is 5.10 Å². The highest BCUT2D eigenvalue weighted by atomic mass is 79.9. The molecule has 2 heterocycles.